The fourth-order valence-electron chi connectivity index (χ4n) is 6.00. The van der Waals surface area contributed by atoms with E-state index >= 15 is 0 Å². The zero-order chi connectivity index (χ0) is 16.5. The van der Waals surface area contributed by atoms with E-state index in [9.17, 15) is 4.79 Å². The monoisotopic (exact) mass is 333 g/mol. The van der Waals surface area contributed by atoms with Crippen LogP contribution in [0.25, 0.3) is 0 Å². The van der Waals surface area contributed by atoms with Crippen LogP contribution in [-0.4, -0.2) is 42.5 Å². The topological polar surface area (TPSA) is 58.4 Å². The highest BCUT2D eigenvalue weighted by molar-refractivity contribution is 5.79. The first-order valence-corrected chi connectivity index (χ1v) is 10.5. The van der Waals surface area contributed by atoms with Crippen molar-refractivity contribution in [3.63, 3.8) is 0 Å². The molecule has 3 atom stereocenters. The van der Waals surface area contributed by atoms with Gasteiger partial charge in [-0.15, -0.1) is 0 Å². The molecule has 0 aromatic rings. The van der Waals surface area contributed by atoms with Crippen molar-refractivity contribution in [3.05, 3.63) is 0 Å². The van der Waals surface area contributed by atoms with Crippen molar-refractivity contribution >= 4 is 5.91 Å². The first-order valence-electron chi connectivity index (χ1n) is 10.5. The number of likely N-dealkylation sites (tertiary alicyclic amines) is 1. The molecule has 1 amide bonds. The van der Waals surface area contributed by atoms with E-state index in [0.29, 0.717) is 29.8 Å². The number of nitrogens with two attached hydrogens (primary N) is 1. The van der Waals surface area contributed by atoms with Crippen molar-refractivity contribution in [2.24, 2.45) is 29.4 Å². The lowest BCUT2D eigenvalue weighted by atomic mass is 9.65. The minimum atomic E-state index is 0.226. The van der Waals surface area contributed by atoms with Gasteiger partial charge in [-0.2, -0.15) is 0 Å². The van der Waals surface area contributed by atoms with E-state index in [-0.39, 0.29) is 5.92 Å². The number of nitrogens with zero attached hydrogens (tertiary/aromatic N) is 1. The lowest BCUT2D eigenvalue weighted by Gasteiger charge is -2.43. The number of carbonyl (C=O) groups is 1. The quantitative estimate of drug-likeness (QED) is 0.831. The molecule has 1 heterocycles. The number of nitrogens with one attached hydrogen (secondary N) is 1. The Kier molecular flexibility index (Phi) is 5.14. The van der Waals surface area contributed by atoms with E-state index in [4.69, 9.17) is 5.73 Å². The third-order valence-electron chi connectivity index (χ3n) is 7.39. The molecule has 1 saturated heterocycles. The molecule has 4 heteroatoms. The third kappa shape index (κ3) is 3.65. The summed E-state index contributed by atoms with van der Waals surface area (Å²) in [6.45, 7) is 3.50. The summed E-state index contributed by atoms with van der Waals surface area (Å²) < 4.78 is 0. The average molecular weight is 334 g/mol. The molecule has 3 aliphatic carbocycles. The largest absolute Gasteiger partial charge is 0.352 e. The molecular formula is C20H35N3O. The summed E-state index contributed by atoms with van der Waals surface area (Å²) in [6.07, 6.45) is 12.7. The number of rotatable bonds is 4. The number of fused-ring (bicyclic) bond motifs is 2. The molecule has 136 valence electrons. The van der Waals surface area contributed by atoms with Gasteiger partial charge in [0.25, 0.3) is 0 Å². The lowest BCUT2D eigenvalue weighted by molar-refractivity contribution is -0.128. The van der Waals surface area contributed by atoms with Crippen LogP contribution in [0, 0.1) is 23.7 Å². The molecule has 0 radical (unpaired) electrons. The van der Waals surface area contributed by atoms with E-state index in [1.807, 2.05) is 0 Å². The van der Waals surface area contributed by atoms with Gasteiger partial charge in [-0.3, -0.25) is 4.79 Å². The SMILES string of the molecule is NC1C2CCCC1CC(C(=O)NC1CCN(CC3CCCC3)C1)C2. The summed E-state index contributed by atoms with van der Waals surface area (Å²) in [7, 11) is 0. The van der Waals surface area contributed by atoms with Gasteiger partial charge in [0, 0.05) is 37.6 Å². The van der Waals surface area contributed by atoms with Gasteiger partial charge >= 0.3 is 0 Å². The molecular weight excluding hydrogens is 298 g/mol. The maximum absolute atomic E-state index is 12.8. The molecule has 0 spiro atoms. The molecule has 4 fully saturated rings. The fraction of sp³-hybridized carbons (Fsp3) is 0.950. The minimum Gasteiger partial charge on any atom is -0.352 e. The van der Waals surface area contributed by atoms with Crippen molar-refractivity contribution in [3.8, 4) is 0 Å². The highest BCUT2D eigenvalue weighted by Crippen LogP contribution is 2.42. The predicted octanol–water partition coefficient (Wildman–Crippen LogP) is 2.52. The van der Waals surface area contributed by atoms with Gasteiger partial charge in [0.1, 0.15) is 0 Å². The average Bonchev–Trinajstić information content (AvgIpc) is 3.19. The van der Waals surface area contributed by atoms with Crippen LogP contribution in [0.3, 0.4) is 0 Å². The molecule has 2 bridgehead atoms. The Hall–Kier alpha value is -0.610. The van der Waals surface area contributed by atoms with Gasteiger partial charge in [0.2, 0.25) is 5.91 Å². The second-order valence-electron chi connectivity index (χ2n) is 9.10. The molecule has 3 N–H and O–H groups in total. The van der Waals surface area contributed by atoms with Crippen LogP contribution in [0.15, 0.2) is 0 Å². The van der Waals surface area contributed by atoms with Crippen molar-refractivity contribution < 1.29 is 4.79 Å². The second-order valence-corrected chi connectivity index (χ2v) is 9.10. The van der Waals surface area contributed by atoms with E-state index < -0.39 is 0 Å². The zero-order valence-corrected chi connectivity index (χ0v) is 15.1. The summed E-state index contributed by atoms with van der Waals surface area (Å²) in [5, 5.41) is 3.39. The first kappa shape index (κ1) is 16.8. The van der Waals surface area contributed by atoms with Gasteiger partial charge in [-0.25, -0.2) is 0 Å². The molecule has 3 unspecified atom stereocenters. The minimum absolute atomic E-state index is 0.226. The van der Waals surface area contributed by atoms with Crippen LogP contribution < -0.4 is 11.1 Å². The number of hydrogen-bond acceptors (Lipinski definition) is 3. The van der Waals surface area contributed by atoms with Gasteiger partial charge < -0.3 is 16.0 Å². The molecule has 24 heavy (non-hydrogen) atoms. The highest BCUT2D eigenvalue weighted by Gasteiger charge is 2.41. The summed E-state index contributed by atoms with van der Waals surface area (Å²) in [5.41, 5.74) is 6.37. The maximum Gasteiger partial charge on any atom is 0.223 e. The molecule has 0 aromatic heterocycles. The fourth-order valence-corrected chi connectivity index (χ4v) is 6.00. The van der Waals surface area contributed by atoms with E-state index in [1.165, 1.54) is 58.0 Å². The van der Waals surface area contributed by atoms with Crippen LogP contribution in [0.2, 0.25) is 0 Å². The summed E-state index contributed by atoms with van der Waals surface area (Å²) in [6, 6.07) is 0.741. The summed E-state index contributed by atoms with van der Waals surface area (Å²) in [4.78, 5) is 15.4. The Labute approximate surface area is 146 Å². The molecule has 4 nitrogen and oxygen atoms in total. The Morgan fingerprint density at radius 3 is 2.42 bits per heavy atom. The second kappa shape index (κ2) is 7.33. The Balaban J connectivity index is 1.24. The lowest BCUT2D eigenvalue weighted by Crippen LogP contribution is -2.50. The third-order valence-corrected chi connectivity index (χ3v) is 7.39. The van der Waals surface area contributed by atoms with E-state index in [2.05, 4.69) is 10.2 Å². The normalized spacial score (nSPS) is 40.8. The maximum atomic E-state index is 12.8. The smallest absolute Gasteiger partial charge is 0.223 e. The van der Waals surface area contributed by atoms with Crippen LogP contribution in [0.4, 0.5) is 0 Å². The van der Waals surface area contributed by atoms with Crippen LogP contribution in [0.1, 0.15) is 64.2 Å². The zero-order valence-electron chi connectivity index (χ0n) is 15.1. The Morgan fingerprint density at radius 1 is 1.00 bits per heavy atom. The number of amides is 1. The van der Waals surface area contributed by atoms with E-state index in [0.717, 1.165) is 31.7 Å². The number of carbonyl (C=O) groups excluding carboxylic acids is 1. The molecule has 4 aliphatic rings. The Bertz CT molecular complexity index is 434. The van der Waals surface area contributed by atoms with Crippen molar-refractivity contribution in [2.45, 2.75) is 76.3 Å². The summed E-state index contributed by atoms with van der Waals surface area (Å²) in [5.74, 6) is 2.65. The van der Waals surface area contributed by atoms with Crippen LogP contribution in [-0.2, 0) is 4.79 Å². The first-order chi connectivity index (χ1) is 11.7. The Morgan fingerprint density at radius 2 is 1.71 bits per heavy atom. The van der Waals surface area contributed by atoms with Crippen molar-refractivity contribution in [1.82, 2.24) is 10.2 Å². The summed E-state index contributed by atoms with van der Waals surface area (Å²) >= 11 is 0. The standard InChI is InChI=1S/C20H35N3O/c21-19-15-6-3-7-16(19)11-17(10-15)20(24)22-18-8-9-23(13-18)12-14-4-1-2-5-14/h14-19H,1-13,21H2,(H,22,24). The predicted molar refractivity (Wildman–Crippen MR) is 96.5 cm³/mol. The van der Waals surface area contributed by atoms with Crippen molar-refractivity contribution in [2.75, 3.05) is 19.6 Å². The van der Waals surface area contributed by atoms with Gasteiger partial charge in [0.05, 0.1) is 0 Å². The van der Waals surface area contributed by atoms with Gasteiger partial charge in [-0.1, -0.05) is 19.3 Å². The number of hydrogen-bond donors (Lipinski definition) is 2. The molecule has 1 aliphatic heterocycles. The molecule has 0 aromatic carbocycles. The van der Waals surface area contributed by atoms with Crippen LogP contribution in [0.5, 0.6) is 0 Å². The van der Waals surface area contributed by atoms with Crippen LogP contribution >= 0.6 is 0 Å². The highest BCUT2D eigenvalue weighted by atomic mass is 16.2. The van der Waals surface area contributed by atoms with Crippen molar-refractivity contribution in [1.29, 1.82) is 0 Å². The molecule has 4 rings (SSSR count). The van der Waals surface area contributed by atoms with E-state index in [1.54, 1.807) is 0 Å². The van der Waals surface area contributed by atoms with Gasteiger partial charge in [0.15, 0.2) is 0 Å². The van der Waals surface area contributed by atoms with Gasteiger partial charge in [-0.05, 0) is 62.7 Å². The molecule has 3 saturated carbocycles.